The Labute approximate surface area is 101 Å². The van der Waals surface area contributed by atoms with Crippen molar-refractivity contribution >= 4 is 5.82 Å². The van der Waals surface area contributed by atoms with Crippen molar-refractivity contribution in [1.82, 2.24) is 20.0 Å². The van der Waals surface area contributed by atoms with Gasteiger partial charge in [-0.3, -0.25) is 4.98 Å². The molecule has 0 bridgehead atoms. The van der Waals surface area contributed by atoms with Gasteiger partial charge in [0.05, 0.1) is 17.9 Å². The van der Waals surface area contributed by atoms with Gasteiger partial charge in [0.25, 0.3) is 0 Å². The zero-order chi connectivity index (χ0) is 12.4. The zero-order valence-electron chi connectivity index (χ0n) is 10.4. The molecule has 0 aliphatic rings. The fourth-order valence-electron chi connectivity index (χ4n) is 1.89. The minimum atomic E-state index is 0.301. The van der Waals surface area contributed by atoms with Crippen molar-refractivity contribution in [2.75, 3.05) is 5.73 Å². The first-order chi connectivity index (χ1) is 8.08. The fourth-order valence-corrected chi connectivity index (χ4v) is 1.89. The molecule has 17 heavy (non-hydrogen) atoms. The van der Waals surface area contributed by atoms with Crippen LogP contribution in [0.2, 0.25) is 0 Å². The van der Waals surface area contributed by atoms with Gasteiger partial charge in [0.2, 0.25) is 0 Å². The first-order valence-electron chi connectivity index (χ1n) is 5.69. The van der Waals surface area contributed by atoms with Crippen molar-refractivity contribution < 1.29 is 0 Å². The highest BCUT2D eigenvalue weighted by molar-refractivity contribution is 5.35. The largest absolute Gasteiger partial charge is 0.381 e. The molecule has 5 heteroatoms. The van der Waals surface area contributed by atoms with E-state index >= 15 is 0 Å². The van der Waals surface area contributed by atoms with Crippen molar-refractivity contribution in [2.24, 2.45) is 0 Å². The number of hydrogen-bond acceptors (Lipinski definition) is 4. The van der Waals surface area contributed by atoms with Crippen LogP contribution in [0.1, 0.15) is 36.8 Å². The Morgan fingerprint density at radius 3 is 2.76 bits per heavy atom. The molecule has 0 fully saturated rings. The summed E-state index contributed by atoms with van der Waals surface area (Å²) in [7, 11) is 0. The van der Waals surface area contributed by atoms with E-state index in [-0.39, 0.29) is 0 Å². The third-order valence-corrected chi connectivity index (χ3v) is 2.61. The lowest BCUT2D eigenvalue weighted by molar-refractivity contribution is 0.589. The van der Waals surface area contributed by atoms with E-state index in [1.165, 1.54) is 0 Å². The van der Waals surface area contributed by atoms with Crippen LogP contribution in [-0.4, -0.2) is 20.0 Å². The van der Waals surface area contributed by atoms with Crippen molar-refractivity contribution in [2.45, 2.75) is 33.2 Å². The summed E-state index contributed by atoms with van der Waals surface area (Å²) in [6.45, 7) is 6.74. The molecule has 0 saturated carbocycles. The monoisotopic (exact) mass is 231 g/mol. The molecule has 0 amide bonds. The maximum atomic E-state index is 5.81. The summed E-state index contributed by atoms with van der Waals surface area (Å²) < 4.78 is 1.82. The van der Waals surface area contributed by atoms with Gasteiger partial charge in [-0.15, -0.1) is 5.10 Å². The van der Waals surface area contributed by atoms with Crippen LogP contribution in [-0.2, 0) is 6.54 Å². The Kier molecular flexibility index (Phi) is 3.08. The predicted octanol–water partition coefficient (Wildman–Crippen LogP) is 1.74. The number of rotatable bonds is 3. The van der Waals surface area contributed by atoms with Gasteiger partial charge >= 0.3 is 0 Å². The summed E-state index contributed by atoms with van der Waals surface area (Å²) in [6, 6.07) is 5.95. The lowest BCUT2D eigenvalue weighted by atomic mass is 10.1. The topological polar surface area (TPSA) is 69.6 Å². The maximum absolute atomic E-state index is 5.81. The average molecular weight is 231 g/mol. The van der Waals surface area contributed by atoms with Crippen LogP contribution in [0.5, 0.6) is 0 Å². The van der Waals surface area contributed by atoms with Crippen molar-refractivity contribution in [1.29, 1.82) is 0 Å². The third kappa shape index (κ3) is 2.43. The van der Waals surface area contributed by atoms with E-state index < -0.39 is 0 Å². The Bertz CT molecular complexity index is 515. The highest BCUT2D eigenvalue weighted by Gasteiger charge is 2.14. The van der Waals surface area contributed by atoms with E-state index in [4.69, 9.17) is 5.73 Å². The first kappa shape index (κ1) is 11.6. The molecule has 0 aromatic carbocycles. The van der Waals surface area contributed by atoms with Crippen LogP contribution in [0.25, 0.3) is 0 Å². The molecule has 2 N–H and O–H groups in total. The number of pyridine rings is 1. The summed E-state index contributed by atoms with van der Waals surface area (Å²) in [5, 5.41) is 7.98. The van der Waals surface area contributed by atoms with E-state index in [1.807, 2.05) is 29.8 Å². The van der Waals surface area contributed by atoms with Crippen molar-refractivity contribution in [3.63, 3.8) is 0 Å². The minimum absolute atomic E-state index is 0.301. The molecule has 0 spiro atoms. The Balaban J connectivity index is 2.30. The minimum Gasteiger partial charge on any atom is -0.381 e. The third-order valence-electron chi connectivity index (χ3n) is 2.61. The second kappa shape index (κ2) is 4.53. The van der Waals surface area contributed by atoms with Crippen LogP contribution in [0.3, 0.4) is 0 Å². The van der Waals surface area contributed by atoms with Gasteiger partial charge in [0.1, 0.15) is 0 Å². The number of nitrogen functional groups attached to an aromatic ring is 1. The smallest absolute Gasteiger partial charge is 0.169 e. The Morgan fingerprint density at radius 1 is 1.35 bits per heavy atom. The predicted molar refractivity (Wildman–Crippen MR) is 66.6 cm³/mol. The summed E-state index contributed by atoms with van der Waals surface area (Å²) in [5.41, 5.74) is 8.75. The van der Waals surface area contributed by atoms with Crippen molar-refractivity contribution in [3.8, 4) is 0 Å². The lowest BCUT2D eigenvalue weighted by Gasteiger charge is -2.09. The first-order valence-corrected chi connectivity index (χ1v) is 5.69. The molecule has 0 radical (unpaired) electrons. The lowest BCUT2D eigenvalue weighted by Crippen LogP contribution is -2.10. The van der Waals surface area contributed by atoms with E-state index in [1.54, 1.807) is 0 Å². The molecule has 5 nitrogen and oxygen atoms in total. The number of nitrogens with zero attached hydrogens (tertiary/aromatic N) is 4. The van der Waals surface area contributed by atoms with Crippen LogP contribution in [0.4, 0.5) is 5.82 Å². The van der Waals surface area contributed by atoms with Gasteiger partial charge in [-0.1, -0.05) is 25.1 Å². The van der Waals surface area contributed by atoms with Gasteiger partial charge in [0.15, 0.2) is 5.82 Å². The van der Waals surface area contributed by atoms with Crippen LogP contribution in [0, 0.1) is 6.92 Å². The number of aromatic nitrogens is 4. The second-order valence-corrected chi connectivity index (χ2v) is 4.44. The highest BCUT2D eigenvalue weighted by atomic mass is 15.4. The number of hydrogen-bond donors (Lipinski definition) is 1. The SMILES string of the molecule is Cc1cccc(Cn2nnc(N)c2C(C)C)n1. The van der Waals surface area contributed by atoms with Gasteiger partial charge in [-0.25, -0.2) is 4.68 Å². The normalized spacial score (nSPS) is 11.1. The zero-order valence-corrected chi connectivity index (χ0v) is 10.4. The summed E-state index contributed by atoms with van der Waals surface area (Å²) in [4.78, 5) is 4.45. The van der Waals surface area contributed by atoms with E-state index in [2.05, 4.69) is 29.1 Å². The Morgan fingerprint density at radius 2 is 2.12 bits per heavy atom. The van der Waals surface area contributed by atoms with Crippen molar-refractivity contribution in [3.05, 3.63) is 35.3 Å². The Hall–Kier alpha value is -1.91. The molecular weight excluding hydrogens is 214 g/mol. The quantitative estimate of drug-likeness (QED) is 0.873. The van der Waals surface area contributed by atoms with E-state index in [9.17, 15) is 0 Å². The molecule has 0 aliphatic heterocycles. The molecular formula is C12H17N5. The molecule has 90 valence electrons. The van der Waals surface area contributed by atoms with Gasteiger partial charge in [-0.2, -0.15) is 0 Å². The molecule has 2 rings (SSSR count). The molecule has 2 heterocycles. The molecule has 0 saturated heterocycles. The van der Waals surface area contributed by atoms with Gasteiger partial charge in [0, 0.05) is 5.69 Å². The highest BCUT2D eigenvalue weighted by Crippen LogP contribution is 2.19. The number of nitrogens with two attached hydrogens (primary N) is 1. The fraction of sp³-hybridized carbons (Fsp3) is 0.417. The molecule has 0 unspecified atom stereocenters. The maximum Gasteiger partial charge on any atom is 0.169 e. The van der Waals surface area contributed by atoms with E-state index in [0.717, 1.165) is 17.1 Å². The summed E-state index contributed by atoms with van der Waals surface area (Å²) >= 11 is 0. The van der Waals surface area contributed by atoms with Crippen LogP contribution >= 0.6 is 0 Å². The summed E-state index contributed by atoms with van der Waals surface area (Å²) in [6.07, 6.45) is 0. The molecule has 0 atom stereocenters. The standard InChI is InChI=1S/C12H17N5/c1-8(2)11-12(13)15-16-17(11)7-10-6-4-5-9(3)14-10/h4-6,8H,7,13H2,1-3H3. The van der Waals surface area contributed by atoms with Gasteiger partial charge < -0.3 is 5.73 Å². The molecule has 0 aliphatic carbocycles. The number of aryl methyl sites for hydroxylation is 1. The number of anilines is 1. The van der Waals surface area contributed by atoms with E-state index in [0.29, 0.717) is 18.3 Å². The summed E-state index contributed by atoms with van der Waals surface area (Å²) in [5.74, 6) is 0.808. The average Bonchev–Trinajstić information content (AvgIpc) is 2.59. The molecule has 2 aromatic rings. The van der Waals surface area contributed by atoms with Gasteiger partial charge in [-0.05, 0) is 25.0 Å². The molecule has 2 aromatic heterocycles. The van der Waals surface area contributed by atoms with Crippen LogP contribution < -0.4 is 5.73 Å². The van der Waals surface area contributed by atoms with Crippen LogP contribution in [0.15, 0.2) is 18.2 Å². The second-order valence-electron chi connectivity index (χ2n) is 4.44.